The Morgan fingerprint density at radius 3 is 2.30 bits per heavy atom. The molecule has 0 radical (unpaired) electrons. The Balaban J connectivity index is 3.58. The summed E-state index contributed by atoms with van der Waals surface area (Å²) in [5.41, 5.74) is -0.181. The molecule has 0 spiro atoms. The molecule has 0 aromatic carbocycles. The molecule has 0 amide bonds. The van der Waals surface area contributed by atoms with Crippen molar-refractivity contribution in [1.29, 1.82) is 0 Å². The molecule has 2 nitrogen and oxygen atoms in total. The molecule has 60 valence electrons. The molecule has 10 heavy (non-hydrogen) atoms. The van der Waals surface area contributed by atoms with E-state index < -0.39 is 0 Å². The highest BCUT2D eigenvalue weighted by molar-refractivity contribution is 7.80. The second-order valence-electron chi connectivity index (χ2n) is 3.03. The lowest BCUT2D eigenvalue weighted by Crippen LogP contribution is -2.31. The van der Waals surface area contributed by atoms with Gasteiger partial charge in [-0.25, -0.2) is 0 Å². The molecule has 0 aromatic rings. The van der Waals surface area contributed by atoms with Crippen LogP contribution in [0.2, 0.25) is 0 Å². The number of rotatable bonds is 1. The average molecular weight is 161 g/mol. The summed E-state index contributed by atoms with van der Waals surface area (Å²) in [4.78, 5) is 0. The second kappa shape index (κ2) is 3.76. The normalized spacial score (nSPS) is 10.8. The van der Waals surface area contributed by atoms with E-state index in [1.807, 2.05) is 27.7 Å². The van der Waals surface area contributed by atoms with Crippen molar-refractivity contribution in [3.05, 3.63) is 0 Å². The van der Waals surface area contributed by atoms with Crippen molar-refractivity contribution in [3.8, 4) is 0 Å². The van der Waals surface area contributed by atoms with Crippen LogP contribution in [-0.2, 0) is 4.74 Å². The third kappa shape index (κ3) is 5.82. The highest BCUT2D eigenvalue weighted by atomic mass is 32.1. The summed E-state index contributed by atoms with van der Waals surface area (Å²) in [6.45, 7) is 8.71. The third-order valence-corrected chi connectivity index (χ3v) is 0.948. The first-order valence-corrected chi connectivity index (χ1v) is 3.83. The summed E-state index contributed by atoms with van der Waals surface area (Å²) < 4.78 is 5.30. The van der Waals surface area contributed by atoms with Gasteiger partial charge in [0.15, 0.2) is 0 Å². The largest absolute Gasteiger partial charge is 0.465 e. The van der Waals surface area contributed by atoms with Crippen LogP contribution in [0.5, 0.6) is 0 Å². The standard InChI is InChI=1S/C7H15NOS/c1-5-8-6(10)9-7(2,3)4/h5H2,1-4H3,(H,8,10). The molecule has 0 aliphatic heterocycles. The van der Waals surface area contributed by atoms with E-state index in [0.717, 1.165) is 6.54 Å². The Morgan fingerprint density at radius 1 is 1.50 bits per heavy atom. The zero-order chi connectivity index (χ0) is 8.20. The van der Waals surface area contributed by atoms with Crippen LogP contribution >= 0.6 is 12.2 Å². The maximum absolute atomic E-state index is 5.30. The van der Waals surface area contributed by atoms with Gasteiger partial charge < -0.3 is 10.1 Å². The summed E-state index contributed by atoms with van der Waals surface area (Å²) in [5, 5.41) is 3.39. The van der Waals surface area contributed by atoms with Crippen molar-refractivity contribution in [2.45, 2.75) is 33.3 Å². The van der Waals surface area contributed by atoms with Crippen molar-refractivity contribution in [2.24, 2.45) is 0 Å². The second-order valence-corrected chi connectivity index (χ2v) is 3.40. The number of hydrogen-bond acceptors (Lipinski definition) is 2. The lowest BCUT2D eigenvalue weighted by atomic mass is 10.2. The Labute approximate surface area is 68.0 Å². The van der Waals surface area contributed by atoms with Gasteiger partial charge in [-0.1, -0.05) is 0 Å². The maximum atomic E-state index is 5.30. The lowest BCUT2D eigenvalue weighted by molar-refractivity contribution is 0.115. The molecule has 0 rings (SSSR count). The fraction of sp³-hybridized carbons (Fsp3) is 0.857. The van der Waals surface area contributed by atoms with E-state index in [1.165, 1.54) is 0 Å². The molecule has 0 saturated heterocycles. The number of thiocarbonyl (C=S) groups is 1. The maximum Gasteiger partial charge on any atom is 0.257 e. The zero-order valence-corrected chi connectivity index (χ0v) is 7.84. The Morgan fingerprint density at radius 2 is 2.00 bits per heavy atom. The van der Waals surface area contributed by atoms with Crippen LogP contribution in [0, 0.1) is 0 Å². The fourth-order valence-electron chi connectivity index (χ4n) is 0.459. The minimum Gasteiger partial charge on any atom is -0.465 e. The smallest absolute Gasteiger partial charge is 0.257 e. The first kappa shape index (κ1) is 9.69. The molecule has 0 heterocycles. The Bertz CT molecular complexity index is 117. The van der Waals surface area contributed by atoms with E-state index in [4.69, 9.17) is 17.0 Å². The molecular weight excluding hydrogens is 146 g/mol. The topological polar surface area (TPSA) is 21.3 Å². The molecule has 0 fully saturated rings. The minimum atomic E-state index is -0.181. The number of hydrogen-bond donors (Lipinski definition) is 1. The highest BCUT2D eigenvalue weighted by Gasteiger charge is 2.12. The van der Waals surface area contributed by atoms with Gasteiger partial charge in [-0.15, -0.1) is 0 Å². The third-order valence-electron chi connectivity index (χ3n) is 0.720. The van der Waals surface area contributed by atoms with Crippen molar-refractivity contribution in [1.82, 2.24) is 5.32 Å². The molecule has 3 heteroatoms. The van der Waals surface area contributed by atoms with Gasteiger partial charge >= 0.3 is 0 Å². The molecule has 0 unspecified atom stereocenters. The summed E-state index contributed by atoms with van der Waals surface area (Å²) in [5.74, 6) is 0. The van der Waals surface area contributed by atoms with Crippen molar-refractivity contribution in [3.63, 3.8) is 0 Å². The molecule has 1 N–H and O–H groups in total. The Kier molecular flexibility index (Phi) is 3.64. The molecule has 0 aromatic heterocycles. The van der Waals surface area contributed by atoms with Crippen LogP contribution in [0.4, 0.5) is 0 Å². The van der Waals surface area contributed by atoms with Gasteiger partial charge in [0.1, 0.15) is 5.60 Å². The van der Waals surface area contributed by atoms with Crippen LogP contribution in [0.1, 0.15) is 27.7 Å². The fourth-order valence-corrected chi connectivity index (χ4v) is 0.853. The van der Waals surface area contributed by atoms with Gasteiger partial charge in [0.05, 0.1) is 0 Å². The van der Waals surface area contributed by atoms with Crippen LogP contribution in [0.3, 0.4) is 0 Å². The summed E-state index contributed by atoms with van der Waals surface area (Å²) >= 11 is 4.87. The summed E-state index contributed by atoms with van der Waals surface area (Å²) in [7, 11) is 0. The summed E-state index contributed by atoms with van der Waals surface area (Å²) in [6.07, 6.45) is 0. The molecular formula is C7H15NOS. The monoisotopic (exact) mass is 161 g/mol. The van der Waals surface area contributed by atoms with Crippen molar-refractivity contribution >= 4 is 17.4 Å². The van der Waals surface area contributed by atoms with E-state index >= 15 is 0 Å². The molecule has 0 saturated carbocycles. The Hall–Kier alpha value is -0.310. The van der Waals surface area contributed by atoms with E-state index in [2.05, 4.69) is 5.32 Å². The van der Waals surface area contributed by atoms with Crippen LogP contribution in [-0.4, -0.2) is 17.3 Å². The van der Waals surface area contributed by atoms with Crippen LogP contribution in [0.15, 0.2) is 0 Å². The first-order valence-electron chi connectivity index (χ1n) is 3.42. The van der Waals surface area contributed by atoms with Crippen LogP contribution < -0.4 is 5.32 Å². The number of ether oxygens (including phenoxy) is 1. The average Bonchev–Trinajstić information content (AvgIpc) is 1.59. The van der Waals surface area contributed by atoms with Gasteiger partial charge in [0.2, 0.25) is 0 Å². The molecule has 0 aliphatic rings. The summed E-state index contributed by atoms with van der Waals surface area (Å²) in [6, 6.07) is 0. The SMILES string of the molecule is CCNC(=S)OC(C)(C)C. The van der Waals surface area contributed by atoms with Crippen molar-refractivity contribution in [2.75, 3.05) is 6.54 Å². The van der Waals surface area contributed by atoms with Gasteiger partial charge in [-0.2, -0.15) is 0 Å². The van der Waals surface area contributed by atoms with Gasteiger partial charge in [0.25, 0.3) is 5.17 Å². The zero-order valence-electron chi connectivity index (χ0n) is 7.02. The highest BCUT2D eigenvalue weighted by Crippen LogP contribution is 2.06. The molecule has 0 atom stereocenters. The lowest BCUT2D eigenvalue weighted by Gasteiger charge is -2.21. The first-order chi connectivity index (χ1) is 4.45. The van der Waals surface area contributed by atoms with E-state index in [1.54, 1.807) is 0 Å². The molecule has 0 bridgehead atoms. The van der Waals surface area contributed by atoms with Gasteiger partial charge in [0, 0.05) is 6.54 Å². The van der Waals surface area contributed by atoms with Crippen molar-refractivity contribution < 1.29 is 4.74 Å². The van der Waals surface area contributed by atoms with Gasteiger partial charge in [-0.05, 0) is 39.9 Å². The predicted octanol–water partition coefficient (Wildman–Crippen LogP) is 1.70. The quantitative estimate of drug-likeness (QED) is 0.591. The van der Waals surface area contributed by atoms with E-state index in [9.17, 15) is 0 Å². The number of nitrogens with one attached hydrogen (secondary N) is 1. The van der Waals surface area contributed by atoms with E-state index in [0.29, 0.717) is 5.17 Å². The predicted molar refractivity (Wildman–Crippen MR) is 47.1 cm³/mol. The minimum absolute atomic E-state index is 0.181. The van der Waals surface area contributed by atoms with Crippen LogP contribution in [0.25, 0.3) is 0 Å². The van der Waals surface area contributed by atoms with Gasteiger partial charge in [-0.3, -0.25) is 0 Å². The molecule has 0 aliphatic carbocycles. The van der Waals surface area contributed by atoms with E-state index in [-0.39, 0.29) is 5.60 Å².